The molecule has 3 nitrogen and oxygen atoms in total. The third kappa shape index (κ3) is 2.84. The monoisotopic (exact) mass is 198 g/mol. The topological polar surface area (TPSA) is 46.5 Å². The summed E-state index contributed by atoms with van der Waals surface area (Å²) in [6.07, 6.45) is 3.74. The van der Waals surface area contributed by atoms with Crippen molar-refractivity contribution in [1.29, 1.82) is 0 Å². The van der Waals surface area contributed by atoms with Crippen LogP contribution in [0.2, 0.25) is 0 Å². The summed E-state index contributed by atoms with van der Waals surface area (Å²) >= 11 is 0. The van der Waals surface area contributed by atoms with Gasteiger partial charge in [-0.25, -0.2) is 0 Å². The molecule has 0 spiro atoms. The maximum Gasteiger partial charge on any atom is 0.305 e. The fourth-order valence-corrected chi connectivity index (χ4v) is 1.74. The average molecular weight is 198 g/mol. The second kappa shape index (κ2) is 5.15. The van der Waals surface area contributed by atoms with E-state index >= 15 is 0 Å². The summed E-state index contributed by atoms with van der Waals surface area (Å²) in [5.74, 6) is 0.131. The number of carbonyl (C=O) groups excluding carboxylic acids is 1. The van der Waals surface area contributed by atoms with E-state index in [9.17, 15) is 9.90 Å². The first-order chi connectivity index (χ1) is 6.67. The number of esters is 1. The highest BCUT2D eigenvalue weighted by Gasteiger charge is 2.30. The van der Waals surface area contributed by atoms with E-state index in [-0.39, 0.29) is 12.1 Å². The zero-order chi connectivity index (χ0) is 10.6. The van der Waals surface area contributed by atoms with Crippen molar-refractivity contribution < 1.29 is 14.6 Å². The minimum Gasteiger partial charge on any atom is -0.460 e. The lowest BCUT2D eigenvalue weighted by Gasteiger charge is -2.31. The Morgan fingerprint density at radius 1 is 1.64 bits per heavy atom. The summed E-state index contributed by atoms with van der Waals surface area (Å²) in [5.41, 5.74) is 0. The molecule has 3 heteroatoms. The molecule has 1 rings (SSSR count). The Hall–Kier alpha value is -0.830. The molecule has 1 aliphatic carbocycles. The molecule has 14 heavy (non-hydrogen) atoms. The molecule has 3 atom stereocenters. The zero-order valence-corrected chi connectivity index (χ0v) is 8.61. The van der Waals surface area contributed by atoms with E-state index in [1.165, 1.54) is 0 Å². The second-order valence-corrected chi connectivity index (χ2v) is 3.76. The van der Waals surface area contributed by atoms with Crippen molar-refractivity contribution >= 4 is 5.97 Å². The summed E-state index contributed by atoms with van der Waals surface area (Å²) in [6.45, 7) is 5.47. The fourth-order valence-electron chi connectivity index (χ4n) is 1.74. The molecule has 0 heterocycles. The molecule has 1 saturated carbocycles. The molecule has 1 fully saturated rings. The van der Waals surface area contributed by atoms with Gasteiger partial charge in [0.15, 0.2) is 0 Å². The van der Waals surface area contributed by atoms with Crippen molar-refractivity contribution in [1.82, 2.24) is 0 Å². The molecular weight excluding hydrogens is 180 g/mol. The van der Waals surface area contributed by atoms with E-state index in [1.807, 2.05) is 6.08 Å². The van der Waals surface area contributed by atoms with Gasteiger partial charge in [0.1, 0.15) is 6.10 Å². The van der Waals surface area contributed by atoms with E-state index < -0.39 is 6.10 Å². The van der Waals surface area contributed by atoms with Gasteiger partial charge >= 0.3 is 5.97 Å². The summed E-state index contributed by atoms with van der Waals surface area (Å²) in [6, 6.07) is 0. The van der Waals surface area contributed by atoms with Gasteiger partial charge in [-0.2, -0.15) is 0 Å². The van der Waals surface area contributed by atoms with Gasteiger partial charge in [-0.15, -0.1) is 6.58 Å². The van der Waals surface area contributed by atoms with Crippen molar-refractivity contribution in [3.63, 3.8) is 0 Å². The molecule has 0 amide bonds. The first-order valence-electron chi connectivity index (χ1n) is 5.17. The van der Waals surface area contributed by atoms with Gasteiger partial charge in [-0.3, -0.25) is 4.79 Å². The minimum atomic E-state index is -0.498. The van der Waals surface area contributed by atoms with Crippen LogP contribution in [0.5, 0.6) is 0 Å². The number of aliphatic hydroxyl groups excluding tert-OH is 1. The van der Waals surface area contributed by atoms with E-state index in [0.29, 0.717) is 25.2 Å². The highest BCUT2D eigenvalue weighted by atomic mass is 16.6. The quantitative estimate of drug-likeness (QED) is 0.554. The maximum absolute atomic E-state index is 11.1. The zero-order valence-electron chi connectivity index (χ0n) is 8.61. The third-order valence-corrected chi connectivity index (χ3v) is 2.70. The van der Waals surface area contributed by atoms with E-state index in [2.05, 4.69) is 6.58 Å². The van der Waals surface area contributed by atoms with Crippen molar-refractivity contribution in [2.75, 3.05) is 0 Å². The lowest BCUT2D eigenvalue weighted by molar-refractivity contribution is -0.158. The van der Waals surface area contributed by atoms with Crippen LogP contribution in [0.3, 0.4) is 0 Å². The number of hydrogen-bond donors (Lipinski definition) is 1. The first-order valence-corrected chi connectivity index (χ1v) is 5.17. The molecule has 0 radical (unpaired) electrons. The van der Waals surface area contributed by atoms with Crippen molar-refractivity contribution in [2.45, 2.75) is 44.8 Å². The molecule has 1 aliphatic rings. The van der Waals surface area contributed by atoms with Gasteiger partial charge in [-0.1, -0.05) is 13.0 Å². The smallest absolute Gasteiger partial charge is 0.305 e. The molecule has 1 N–H and O–H groups in total. The number of hydrogen-bond acceptors (Lipinski definition) is 3. The van der Waals surface area contributed by atoms with Gasteiger partial charge in [0.2, 0.25) is 0 Å². The molecule has 0 bridgehead atoms. The molecule has 0 saturated heterocycles. The highest BCUT2D eigenvalue weighted by molar-refractivity contribution is 5.69. The summed E-state index contributed by atoms with van der Waals surface area (Å²) in [4.78, 5) is 11.1. The first kappa shape index (κ1) is 11.2. The molecule has 0 aliphatic heterocycles. The Balaban J connectivity index is 2.47. The van der Waals surface area contributed by atoms with Gasteiger partial charge in [-0.05, 0) is 25.2 Å². The molecule has 80 valence electrons. The molecule has 0 aromatic carbocycles. The van der Waals surface area contributed by atoms with E-state index in [0.717, 1.165) is 6.42 Å². The second-order valence-electron chi connectivity index (χ2n) is 3.76. The third-order valence-electron chi connectivity index (χ3n) is 2.70. The molecule has 3 unspecified atom stereocenters. The lowest BCUT2D eigenvalue weighted by atomic mass is 9.85. The standard InChI is InChI=1S/C11H18O3/c1-3-8-5-6-9(12)10(7-8)14-11(13)4-2/h3,8-10,12H,1,4-7H2,2H3. The Morgan fingerprint density at radius 3 is 2.93 bits per heavy atom. The average Bonchev–Trinajstić information content (AvgIpc) is 2.21. The van der Waals surface area contributed by atoms with E-state index in [4.69, 9.17) is 4.74 Å². The largest absolute Gasteiger partial charge is 0.460 e. The van der Waals surface area contributed by atoms with Crippen LogP contribution in [0.15, 0.2) is 12.7 Å². The van der Waals surface area contributed by atoms with Crippen LogP contribution in [0.25, 0.3) is 0 Å². The predicted octanol–water partition coefficient (Wildman–Crippen LogP) is 1.66. The van der Waals surface area contributed by atoms with Crippen LogP contribution in [0.1, 0.15) is 32.6 Å². The van der Waals surface area contributed by atoms with Gasteiger partial charge in [0.05, 0.1) is 6.10 Å². The molecule has 0 aromatic rings. The normalized spacial score (nSPS) is 32.3. The Bertz CT molecular complexity index is 213. The van der Waals surface area contributed by atoms with E-state index in [1.54, 1.807) is 6.92 Å². The Morgan fingerprint density at radius 2 is 2.36 bits per heavy atom. The van der Waals surface area contributed by atoms with Crippen molar-refractivity contribution in [3.05, 3.63) is 12.7 Å². The minimum absolute atomic E-state index is 0.237. The van der Waals surface area contributed by atoms with Crippen LogP contribution in [-0.2, 0) is 9.53 Å². The Kier molecular flexibility index (Phi) is 4.14. The summed E-state index contributed by atoms with van der Waals surface area (Å²) < 4.78 is 5.15. The highest BCUT2D eigenvalue weighted by Crippen LogP contribution is 2.27. The number of allylic oxidation sites excluding steroid dienone is 1. The van der Waals surface area contributed by atoms with Crippen LogP contribution < -0.4 is 0 Å². The summed E-state index contributed by atoms with van der Waals surface area (Å²) in [7, 11) is 0. The summed E-state index contributed by atoms with van der Waals surface area (Å²) in [5, 5.41) is 9.62. The van der Waals surface area contributed by atoms with Gasteiger partial charge in [0, 0.05) is 6.42 Å². The number of rotatable bonds is 3. The van der Waals surface area contributed by atoms with Gasteiger partial charge in [0.25, 0.3) is 0 Å². The van der Waals surface area contributed by atoms with Crippen molar-refractivity contribution in [3.8, 4) is 0 Å². The fraction of sp³-hybridized carbons (Fsp3) is 0.727. The van der Waals surface area contributed by atoms with Gasteiger partial charge < -0.3 is 9.84 Å². The van der Waals surface area contributed by atoms with Crippen LogP contribution in [-0.4, -0.2) is 23.3 Å². The number of ether oxygens (including phenoxy) is 1. The van der Waals surface area contributed by atoms with Crippen LogP contribution >= 0.6 is 0 Å². The van der Waals surface area contributed by atoms with Crippen LogP contribution in [0.4, 0.5) is 0 Å². The molecule has 0 aromatic heterocycles. The maximum atomic E-state index is 11.1. The number of aliphatic hydroxyl groups is 1. The predicted molar refractivity (Wildman–Crippen MR) is 53.7 cm³/mol. The molecular formula is C11H18O3. The van der Waals surface area contributed by atoms with Crippen LogP contribution in [0, 0.1) is 5.92 Å². The SMILES string of the molecule is C=CC1CCC(O)C(OC(=O)CC)C1. The van der Waals surface area contributed by atoms with Crippen molar-refractivity contribution in [2.24, 2.45) is 5.92 Å². The Labute approximate surface area is 84.8 Å². The lowest BCUT2D eigenvalue weighted by Crippen LogP contribution is -2.36. The number of carbonyl (C=O) groups is 1.